The Labute approximate surface area is 136 Å². The van der Waals surface area contributed by atoms with Gasteiger partial charge in [0, 0.05) is 10.0 Å². The van der Waals surface area contributed by atoms with Crippen molar-refractivity contribution in [1.29, 1.82) is 0 Å². The number of benzene rings is 3. The van der Waals surface area contributed by atoms with Crippen LogP contribution in [0.25, 0.3) is 33.7 Å². The van der Waals surface area contributed by atoms with Crippen molar-refractivity contribution in [3.8, 4) is 22.6 Å². The van der Waals surface area contributed by atoms with Crippen LogP contribution in [0.2, 0.25) is 0 Å². The molecule has 0 aliphatic rings. The third kappa shape index (κ3) is 2.24. The SMILES string of the molecule is Brc1ccccc1-c1nc2c(-c3ccccc3)cccc2o1. The maximum Gasteiger partial charge on any atom is 0.228 e. The molecule has 1 aromatic heterocycles. The van der Waals surface area contributed by atoms with Crippen LogP contribution in [0.1, 0.15) is 0 Å². The zero-order chi connectivity index (χ0) is 14.9. The molecule has 22 heavy (non-hydrogen) atoms. The van der Waals surface area contributed by atoms with Gasteiger partial charge in [-0.25, -0.2) is 4.98 Å². The van der Waals surface area contributed by atoms with Crippen molar-refractivity contribution in [2.24, 2.45) is 0 Å². The number of fused-ring (bicyclic) bond motifs is 1. The number of hydrogen-bond acceptors (Lipinski definition) is 2. The summed E-state index contributed by atoms with van der Waals surface area (Å²) in [6, 6.07) is 24.2. The number of nitrogens with zero attached hydrogens (tertiary/aromatic N) is 1. The van der Waals surface area contributed by atoms with E-state index in [0.29, 0.717) is 5.89 Å². The van der Waals surface area contributed by atoms with E-state index < -0.39 is 0 Å². The van der Waals surface area contributed by atoms with E-state index in [0.717, 1.165) is 32.3 Å². The van der Waals surface area contributed by atoms with E-state index in [1.807, 2.05) is 54.6 Å². The second kappa shape index (κ2) is 5.43. The summed E-state index contributed by atoms with van der Waals surface area (Å²) in [7, 11) is 0. The number of halogens is 1. The predicted octanol–water partition coefficient (Wildman–Crippen LogP) is 5.92. The van der Waals surface area contributed by atoms with E-state index >= 15 is 0 Å². The predicted molar refractivity (Wildman–Crippen MR) is 92.6 cm³/mol. The minimum absolute atomic E-state index is 0.630. The van der Waals surface area contributed by atoms with Crippen molar-refractivity contribution in [3.63, 3.8) is 0 Å². The molecule has 2 nitrogen and oxygen atoms in total. The maximum absolute atomic E-state index is 5.96. The highest BCUT2D eigenvalue weighted by atomic mass is 79.9. The fourth-order valence-corrected chi connectivity index (χ4v) is 3.00. The Morgan fingerprint density at radius 3 is 2.27 bits per heavy atom. The van der Waals surface area contributed by atoms with Gasteiger partial charge in [0.15, 0.2) is 5.58 Å². The van der Waals surface area contributed by atoms with Crippen LogP contribution in [0, 0.1) is 0 Å². The largest absolute Gasteiger partial charge is 0.436 e. The number of aromatic nitrogens is 1. The van der Waals surface area contributed by atoms with Crippen molar-refractivity contribution in [3.05, 3.63) is 77.3 Å². The number of hydrogen-bond donors (Lipinski definition) is 0. The van der Waals surface area contributed by atoms with E-state index in [2.05, 4.69) is 34.1 Å². The zero-order valence-electron chi connectivity index (χ0n) is 11.7. The van der Waals surface area contributed by atoms with E-state index in [4.69, 9.17) is 9.40 Å². The lowest BCUT2D eigenvalue weighted by atomic mass is 10.0. The molecule has 4 aromatic rings. The van der Waals surface area contributed by atoms with E-state index in [1.54, 1.807) is 0 Å². The van der Waals surface area contributed by atoms with Crippen molar-refractivity contribution in [2.45, 2.75) is 0 Å². The number of para-hydroxylation sites is 1. The second-order valence-corrected chi connectivity index (χ2v) is 5.87. The Bertz CT molecular complexity index is 944. The van der Waals surface area contributed by atoms with Gasteiger partial charge < -0.3 is 4.42 Å². The van der Waals surface area contributed by atoms with Crippen LogP contribution < -0.4 is 0 Å². The molecule has 0 aliphatic carbocycles. The smallest absolute Gasteiger partial charge is 0.228 e. The summed E-state index contributed by atoms with van der Waals surface area (Å²) < 4.78 is 6.93. The van der Waals surface area contributed by atoms with Gasteiger partial charge in [0.05, 0.1) is 5.56 Å². The molecule has 3 aromatic carbocycles. The van der Waals surface area contributed by atoms with Gasteiger partial charge in [0.1, 0.15) is 5.52 Å². The van der Waals surface area contributed by atoms with Crippen molar-refractivity contribution in [2.75, 3.05) is 0 Å². The highest BCUT2D eigenvalue weighted by Gasteiger charge is 2.13. The van der Waals surface area contributed by atoms with Crippen LogP contribution in [0.3, 0.4) is 0 Å². The molecule has 0 radical (unpaired) electrons. The first kappa shape index (κ1) is 13.3. The van der Waals surface area contributed by atoms with Crippen LogP contribution in [0.4, 0.5) is 0 Å². The first-order valence-electron chi connectivity index (χ1n) is 7.03. The van der Waals surface area contributed by atoms with Gasteiger partial charge in [0.25, 0.3) is 0 Å². The Hall–Kier alpha value is -2.39. The summed E-state index contributed by atoms with van der Waals surface area (Å²) in [4.78, 5) is 4.72. The third-order valence-electron chi connectivity index (χ3n) is 3.61. The molecule has 0 saturated carbocycles. The topological polar surface area (TPSA) is 26.0 Å². The molecule has 0 unspecified atom stereocenters. The fourth-order valence-electron chi connectivity index (χ4n) is 2.55. The molecule has 0 aliphatic heterocycles. The Morgan fingerprint density at radius 2 is 1.45 bits per heavy atom. The molecule has 0 bridgehead atoms. The Balaban J connectivity index is 1.94. The van der Waals surface area contributed by atoms with Gasteiger partial charge in [-0.05, 0) is 39.7 Å². The first-order valence-corrected chi connectivity index (χ1v) is 7.82. The molecule has 1 heterocycles. The standard InChI is InChI=1S/C19H12BrNO/c20-16-11-5-4-9-15(16)19-21-18-14(10-6-12-17(18)22-19)13-7-2-1-3-8-13/h1-12H. The molecule has 0 spiro atoms. The fraction of sp³-hybridized carbons (Fsp3) is 0. The Kier molecular flexibility index (Phi) is 3.28. The zero-order valence-corrected chi connectivity index (χ0v) is 13.2. The molecule has 3 heteroatoms. The van der Waals surface area contributed by atoms with Gasteiger partial charge in [-0.3, -0.25) is 0 Å². The normalized spacial score (nSPS) is 11.0. The molecular formula is C19H12BrNO. The molecule has 4 rings (SSSR count). The lowest BCUT2D eigenvalue weighted by Gasteiger charge is -2.00. The summed E-state index contributed by atoms with van der Waals surface area (Å²) in [6.07, 6.45) is 0. The minimum atomic E-state index is 0.630. The maximum atomic E-state index is 5.96. The highest BCUT2D eigenvalue weighted by Crippen LogP contribution is 2.34. The van der Waals surface area contributed by atoms with Crippen molar-refractivity contribution in [1.82, 2.24) is 4.98 Å². The van der Waals surface area contributed by atoms with E-state index in [1.165, 1.54) is 0 Å². The third-order valence-corrected chi connectivity index (χ3v) is 4.30. The quantitative estimate of drug-likeness (QED) is 0.448. The molecule has 0 atom stereocenters. The minimum Gasteiger partial charge on any atom is -0.436 e. The van der Waals surface area contributed by atoms with Crippen LogP contribution in [-0.4, -0.2) is 4.98 Å². The number of rotatable bonds is 2. The highest BCUT2D eigenvalue weighted by molar-refractivity contribution is 9.10. The molecule has 0 saturated heterocycles. The van der Waals surface area contributed by atoms with E-state index in [-0.39, 0.29) is 0 Å². The van der Waals surface area contributed by atoms with Crippen molar-refractivity contribution < 1.29 is 4.42 Å². The van der Waals surface area contributed by atoms with Crippen LogP contribution in [-0.2, 0) is 0 Å². The van der Waals surface area contributed by atoms with Crippen LogP contribution in [0.15, 0.2) is 81.7 Å². The molecular weight excluding hydrogens is 338 g/mol. The molecule has 0 amide bonds. The summed E-state index contributed by atoms with van der Waals surface area (Å²) >= 11 is 3.55. The summed E-state index contributed by atoms with van der Waals surface area (Å²) in [6.45, 7) is 0. The van der Waals surface area contributed by atoms with Gasteiger partial charge in [-0.15, -0.1) is 0 Å². The summed E-state index contributed by atoms with van der Waals surface area (Å²) in [5, 5.41) is 0. The Morgan fingerprint density at radius 1 is 0.727 bits per heavy atom. The van der Waals surface area contributed by atoms with Gasteiger partial charge in [-0.2, -0.15) is 0 Å². The average molecular weight is 350 g/mol. The van der Waals surface area contributed by atoms with Gasteiger partial charge in [-0.1, -0.05) is 54.6 Å². The van der Waals surface area contributed by atoms with Crippen LogP contribution in [0.5, 0.6) is 0 Å². The van der Waals surface area contributed by atoms with Gasteiger partial charge >= 0.3 is 0 Å². The number of oxazole rings is 1. The lowest BCUT2D eigenvalue weighted by Crippen LogP contribution is -1.81. The van der Waals surface area contributed by atoms with E-state index in [9.17, 15) is 0 Å². The monoisotopic (exact) mass is 349 g/mol. The summed E-state index contributed by atoms with van der Waals surface area (Å²) in [5.74, 6) is 0.630. The lowest BCUT2D eigenvalue weighted by molar-refractivity contribution is 0.619. The van der Waals surface area contributed by atoms with Crippen molar-refractivity contribution >= 4 is 27.0 Å². The van der Waals surface area contributed by atoms with Gasteiger partial charge in [0.2, 0.25) is 5.89 Å². The summed E-state index contributed by atoms with van der Waals surface area (Å²) in [5.41, 5.74) is 4.87. The van der Waals surface area contributed by atoms with Crippen LogP contribution >= 0.6 is 15.9 Å². The molecule has 0 N–H and O–H groups in total. The first-order chi connectivity index (χ1) is 10.8. The second-order valence-electron chi connectivity index (χ2n) is 5.02. The molecule has 0 fully saturated rings. The average Bonchev–Trinajstić information content (AvgIpc) is 3.00. The molecule has 106 valence electrons.